The number of nitrogens with zero attached hydrogens (tertiary/aromatic N) is 2. The Morgan fingerprint density at radius 3 is 2.31 bits per heavy atom. The normalized spacial score (nSPS) is 14.3. The van der Waals surface area contributed by atoms with Crippen LogP contribution in [0.15, 0.2) is 77.7 Å². The highest BCUT2D eigenvalue weighted by Crippen LogP contribution is 2.27. The summed E-state index contributed by atoms with van der Waals surface area (Å²) < 4.78 is 34.5. The third kappa shape index (κ3) is 7.83. The van der Waals surface area contributed by atoms with Crippen molar-refractivity contribution in [2.24, 2.45) is 0 Å². The van der Waals surface area contributed by atoms with Gasteiger partial charge in [0.15, 0.2) is 0 Å². The van der Waals surface area contributed by atoms with E-state index in [0.717, 1.165) is 41.1 Å². The minimum Gasteiger partial charge on any atom is -0.494 e. The van der Waals surface area contributed by atoms with Crippen molar-refractivity contribution >= 4 is 39.1 Å². The van der Waals surface area contributed by atoms with Gasteiger partial charge in [-0.1, -0.05) is 54.3 Å². The van der Waals surface area contributed by atoms with Gasteiger partial charge in [-0.2, -0.15) is 0 Å². The number of rotatable bonds is 12. The molecule has 1 saturated carbocycles. The highest BCUT2D eigenvalue weighted by molar-refractivity contribution is 7.92. The number of carbonyl (C=O) groups excluding carboxylic acids is 2. The molecule has 0 aliphatic heterocycles. The number of hydrogen-bond donors (Lipinski definition) is 1. The first-order chi connectivity index (χ1) is 20.1. The number of aryl methyl sites for hydroxylation is 1. The van der Waals surface area contributed by atoms with Gasteiger partial charge in [0.1, 0.15) is 18.3 Å². The SMILES string of the molecule is CCOc1ccc(N(CC(=O)N(Cc2cccc(C)c2)C(C)C(=O)NC2CCCC2)S(=O)(=O)c2ccc(Cl)cc2)cc1. The van der Waals surface area contributed by atoms with Gasteiger partial charge in [-0.3, -0.25) is 13.9 Å². The largest absolute Gasteiger partial charge is 0.494 e. The minimum absolute atomic E-state index is 0.00848. The number of ether oxygens (including phenoxy) is 1. The quantitative estimate of drug-likeness (QED) is 0.283. The van der Waals surface area contributed by atoms with E-state index in [1.165, 1.54) is 29.2 Å². The molecule has 8 nitrogen and oxygen atoms in total. The maximum atomic E-state index is 14.1. The third-order valence-electron chi connectivity index (χ3n) is 7.42. The molecule has 0 saturated heterocycles. The summed E-state index contributed by atoms with van der Waals surface area (Å²) in [6.45, 7) is 5.60. The fourth-order valence-electron chi connectivity index (χ4n) is 5.12. The van der Waals surface area contributed by atoms with Crippen molar-refractivity contribution in [2.75, 3.05) is 17.5 Å². The Labute approximate surface area is 253 Å². The molecule has 1 atom stereocenters. The lowest BCUT2D eigenvalue weighted by Gasteiger charge is -2.32. The number of anilines is 1. The molecular weight excluding hydrogens is 574 g/mol. The average molecular weight is 612 g/mol. The van der Waals surface area contributed by atoms with Crippen LogP contribution in [0, 0.1) is 6.92 Å². The van der Waals surface area contributed by atoms with Crippen molar-refractivity contribution in [3.8, 4) is 5.75 Å². The first-order valence-corrected chi connectivity index (χ1v) is 16.1. The number of nitrogens with one attached hydrogen (secondary N) is 1. The second-order valence-electron chi connectivity index (χ2n) is 10.6. The lowest BCUT2D eigenvalue weighted by atomic mass is 10.1. The molecule has 0 radical (unpaired) electrons. The van der Waals surface area contributed by atoms with Crippen LogP contribution >= 0.6 is 11.6 Å². The van der Waals surface area contributed by atoms with Gasteiger partial charge in [0.2, 0.25) is 11.8 Å². The zero-order valence-electron chi connectivity index (χ0n) is 24.3. The molecule has 0 aromatic heterocycles. The number of halogens is 1. The van der Waals surface area contributed by atoms with Gasteiger partial charge in [0.25, 0.3) is 10.0 Å². The summed E-state index contributed by atoms with van der Waals surface area (Å²) in [5.74, 6) is -0.178. The molecule has 1 aliphatic carbocycles. The van der Waals surface area contributed by atoms with Gasteiger partial charge in [-0.05, 0) is 87.7 Å². The molecule has 0 bridgehead atoms. The van der Waals surface area contributed by atoms with Crippen LogP contribution in [-0.2, 0) is 26.2 Å². The van der Waals surface area contributed by atoms with Crippen LogP contribution in [0.3, 0.4) is 0 Å². The van der Waals surface area contributed by atoms with Crippen molar-refractivity contribution in [1.29, 1.82) is 0 Å². The molecule has 0 heterocycles. The van der Waals surface area contributed by atoms with E-state index in [9.17, 15) is 18.0 Å². The molecule has 2 amide bonds. The van der Waals surface area contributed by atoms with Crippen molar-refractivity contribution < 1.29 is 22.7 Å². The zero-order chi connectivity index (χ0) is 30.3. The van der Waals surface area contributed by atoms with Gasteiger partial charge >= 0.3 is 0 Å². The molecule has 3 aromatic rings. The summed E-state index contributed by atoms with van der Waals surface area (Å²) in [7, 11) is -4.18. The molecule has 1 fully saturated rings. The van der Waals surface area contributed by atoms with Gasteiger partial charge in [0, 0.05) is 17.6 Å². The summed E-state index contributed by atoms with van der Waals surface area (Å²) in [4.78, 5) is 28.9. The highest BCUT2D eigenvalue weighted by atomic mass is 35.5. The van der Waals surface area contributed by atoms with Gasteiger partial charge in [-0.15, -0.1) is 0 Å². The standard InChI is InChI=1S/C32H38ClN3O5S/c1-4-41-29-16-14-28(15-17-29)36(42(39,40)30-18-12-26(33)13-19-30)22-31(37)35(21-25-9-7-8-23(2)20-25)24(3)32(38)34-27-10-5-6-11-27/h7-9,12-20,24,27H,4-6,10-11,21-22H2,1-3H3,(H,34,38). The third-order valence-corrected chi connectivity index (χ3v) is 9.46. The lowest BCUT2D eigenvalue weighted by Crippen LogP contribution is -2.52. The molecule has 42 heavy (non-hydrogen) atoms. The van der Waals surface area contributed by atoms with E-state index in [-0.39, 0.29) is 23.4 Å². The number of hydrogen-bond acceptors (Lipinski definition) is 5. The molecule has 4 rings (SSSR count). The maximum absolute atomic E-state index is 14.1. The number of benzene rings is 3. The molecule has 10 heteroatoms. The van der Waals surface area contributed by atoms with Crippen LogP contribution < -0.4 is 14.4 Å². The van der Waals surface area contributed by atoms with Crippen molar-refractivity contribution in [2.45, 2.75) is 70.0 Å². The number of amides is 2. The summed E-state index contributed by atoms with van der Waals surface area (Å²) in [6, 6.07) is 19.3. The smallest absolute Gasteiger partial charge is 0.264 e. The predicted molar refractivity (Wildman–Crippen MR) is 165 cm³/mol. The molecule has 3 aromatic carbocycles. The Bertz CT molecular complexity index is 1470. The molecule has 0 spiro atoms. The van der Waals surface area contributed by atoms with E-state index in [4.69, 9.17) is 16.3 Å². The Morgan fingerprint density at radius 2 is 1.69 bits per heavy atom. The van der Waals surface area contributed by atoms with E-state index in [1.54, 1.807) is 31.2 Å². The van der Waals surface area contributed by atoms with E-state index in [2.05, 4.69) is 5.32 Å². The second kappa shape index (κ2) is 14.1. The molecule has 1 unspecified atom stereocenters. The van der Waals surface area contributed by atoms with Gasteiger partial charge in [0.05, 0.1) is 17.2 Å². The first kappa shape index (κ1) is 31.4. The summed E-state index contributed by atoms with van der Waals surface area (Å²) in [5, 5.41) is 3.48. The summed E-state index contributed by atoms with van der Waals surface area (Å²) in [6.07, 6.45) is 3.94. The lowest BCUT2D eigenvalue weighted by molar-refractivity contribution is -0.139. The second-order valence-corrected chi connectivity index (χ2v) is 12.9. The van der Waals surface area contributed by atoms with Gasteiger partial charge in [-0.25, -0.2) is 8.42 Å². The first-order valence-electron chi connectivity index (χ1n) is 14.2. The molecule has 1 aliphatic rings. The Hall–Kier alpha value is -3.56. The van der Waals surface area contributed by atoms with Crippen molar-refractivity contribution in [3.05, 3.63) is 88.9 Å². The van der Waals surface area contributed by atoms with Crippen LogP contribution in [-0.4, -0.2) is 50.4 Å². The van der Waals surface area contributed by atoms with E-state index in [1.807, 2.05) is 38.1 Å². The van der Waals surface area contributed by atoms with Crippen LogP contribution in [0.5, 0.6) is 5.75 Å². The summed E-state index contributed by atoms with van der Waals surface area (Å²) in [5.41, 5.74) is 2.15. The average Bonchev–Trinajstić information content (AvgIpc) is 3.48. The number of sulfonamides is 1. The fraction of sp³-hybridized carbons (Fsp3) is 0.375. The van der Waals surface area contributed by atoms with Crippen LogP contribution in [0.4, 0.5) is 5.69 Å². The number of carbonyl (C=O) groups is 2. The van der Waals surface area contributed by atoms with Crippen LogP contribution in [0.25, 0.3) is 0 Å². The fourth-order valence-corrected chi connectivity index (χ4v) is 6.66. The molecular formula is C32H38ClN3O5S. The topological polar surface area (TPSA) is 96.0 Å². The predicted octanol–water partition coefficient (Wildman–Crippen LogP) is 5.72. The summed E-state index contributed by atoms with van der Waals surface area (Å²) >= 11 is 6.02. The Kier molecular flexibility index (Phi) is 10.5. The van der Waals surface area contributed by atoms with E-state index in [0.29, 0.717) is 23.1 Å². The zero-order valence-corrected chi connectivity index (χ0v) is 25.8. The van der Waals surface area contributed by atoms with Crippen molar-refractivity contribution in [1.82, 2.24) is 10.2 Å². The van der Waals surface area contributed by atoms with Gasteiger partial charge < -0.3 is 15.0 Å². The highest BCUT2D eigenvalue weighted by Gasteiger charge is 2.33. The Balaban J connectivity index is 1.69. The monoisotopic (exact) mass is 611 g/mol. The van der Waals surface area contributed by atoms with E-state index < -0.39 is 28.5 Å². The maximum Gasteiger partial charge on any atom is 0.264 e. The van der Waals surface area contributed by atoms with Crippen LogP contribution in [0.2, 0.25) is 5.02 Å². The van der Waals surface area contributed by atoms with E-state index >= 15 is 0 Å². The van der Waals surface area contributed by atoms with Crippen molar-refractivity contribution in [3.63, 3.8) is 0 Å². The molecule has 1 N–H and O–H groups in total. The molecule has 224 valence electrons. The van der Waals surface area contributed by atoms with Crippen LogP contribution in [0.1, 0.15) is 50.7 Å². The Morgan fingerprint density at radius 1 is 1.02 bits per heavy atom. The minimum atomic E-state index is -4.18.